The van der Waals surface area contributed by atoms with Gasteiger partial charge in [0.15, 0.2) is 5.78 Å². The first-order valence-corrected chi connectivity index (χ1v) is 7.11. The number of carboxylic acid groups (broad SMARTS) is 2. The summed E-state index contributed by atoms with van der Waals surface area (Å²) in [6.45, 7) is 8.67. The van der Waals surface area contributed by atoms with Crippen molar-refractivity contribution in [2.45, 2.75) is 59.8 Å². The minimum Gasteiger partial charge on any atom is -0.465 e. The number of carbonyl (C=O) groups is 3. The zero-order chi connectivity index (χ0) is 17.9. The second-order valence-electron chi connectivity index (χ2n) is 5.98. The summed E-state index contributed by atoms with van der Waals surface area (Å²) in [6.07, 6.45) is 2.49. The summed E-state index contributed by atoms with van der Waals surface area (Å²) in [5, 5.41) is 14.4. The first-order chi connectivity index (χ1) is 9.92. The highest BCUT2D eigenvalue weighted by atomic mass is 16.4. The number of carbonyl (C=O) groups excluding carboxylic acids is 1. The van der Waals surface area contributed by atoms with Crippen molar-refractivity contribution in [1.82, 2.24) is 0 Å². The summed E-state index contributed by atoms with van der Waals surface area (Å²) in [4.78, 5) is 29.4. The zero-order valence-corrected chi connectivity index (χ0v) is 13.8. The van der Waals surface area contributed by atoms with E-state index in [1.807, 2.05) is 0 Å². The second kappa shape index (κ2) is 10.6. The minimum atomic E-state index is -1.33. The van der Waals surface area contributed by atoms with Crippen molar-refractivity contribution in [2.75, 3.05) is 0 Å². The lowest BCUT2D eigenvalue weighted by Gasteiger charge is -2.31. The molecule has 6 N–H and O–H groups in total. The second-order valence-corrected chi connectivity index (χ2v) is 5.98. The Balaban J connectivity index is 0. The Labute approximate surface area is 131 Å². The van der Waals surface area contributed by atoms with Crippen LogP contribution in [0.15, 0.2) is 11.1 Å². The van der Waals surface area contributed by atoms with E-state index in [4.69, 9.17) is 19.8 Å². The summed E-state index contributed by atoms with van der Waals surface area (Å²) in [6, 6.07) is 0. The predicted octanol–water partition coefficient (Wildman–Crippen LogP) is 3.13. The van der Waals surface area contributed by atoms with Crippen molar-refractivity contribution in [3.05, 3.63) is 11.1 Å². The lowest BCUT2D eigenvalue weighted by molar-refractivity contribution is -0.118. The molecule has 0 atom stereocenters. The normalized spacial score (nSPS) is 15.9. The Hall–Kier alpha value is -2.05. The number of nitrogens with two attached hydrogens (primary N) is 2. The first kappa shape index (κ1) is 22.2. The molecule has 7 nitrogen and oxygen atoms in total. The van der Waals surface area contributed by atoms with E-state index < -0.39 is 12.2 Å². The number of hydrogen-bond donors (Lipinski definition) is 4. The van der Waals surface area contributed by atoms with Crippen molar-refractivity contribution >= 4 is 18.0 Å². The summed E-state index contributed by atoms with van der Waals surface area (Å²) in [5.74, 6) is 0.396. The molecule has 7 heteroatoms. The van der Waals surface area contributed by atoms with Crippen molar-refractivity contribution in [1.29, 1.82) is 0 Å². The van der Waals surface area contributed by atoms with E-state index in [0.29, 0.717) is 5.78 Å². The summed E-state index contributed by atoms with van der Waals surface area (Å²) < 4.78 is 0. The SMILES string of the molecule is CCCCC1=C(C)CC(C)(C)CC1=O.NC(=O)O.NC(=O)O. The number of amides is 2. The topological polar surface area (TPSA) is 144 Å². The van der Waals surface area contributed by atoms with Crippen molar-refractivity contribution in [3.8, 4) is 0 Å². The van der Waals surface area contributed by atoms with E-state index in [1.165, 1.54) is 12.0 Å². The standard InChI is InChI=1S/C13H22O.2CH3NO2/c1-5-6-7-11-10(2)8-13(3,4)9-12(11)14;2*2-1(3)4/h5-9H2,1-4H3;2*2H2,(H,3,4). The fraction of sp³-hybridized carbons (Fsp3) is 0.667. The molecule has 0 radical (unpaired) electrons. The minimum absolute atomic E-state index is 0.191. The Bertz CT molecular complexity index is 408. The van der Waals surface area contributed by atoms with Crippen LogP contribution in [0.1, 0.15) is 59.8 Å². The van der Waals surface area contributed by atoms with Crippen LogP contribution in [-0.2, 0) is 4.79 Å². The van der Waals surface area contributed by atoms with Crippen LogP contribution in [-0.4, -0.2) is 28.2 Å². The Morgan fingerprint density at radius 3 is 1.86 bits per heavy atom. The maximum absolute atomic E-state index is 11.9. The molecule has 0 aromatic heterocycles. The molecule has 0 fully saturated rings. The van der Waals surface area contributed by atoms with Crippen molar-refractivity contribution in [3.63, 3.8) is 0 Å². The van der Waals surface area contributed by atoms with Gasteiger partial charge in [0, 0.05) is 6.42 Å². The molecule has 22 heavy (non-hydrogen) atoms. The van der Waals surface area contributed by atoms with Gasteiger partial charge in [-0.2, -0.15) is 0 Å². The van der Waals surface area contributed by atoms with Crippen molar-refractivity contribution < 1.29 is 24.6 Å². The van der Waals surface area contributed by atoms with E-state index in [1.54, 1.807) is 0 Å². The molecule has 0 unspecified atom stereocenters. The number of ketones is 1. The van der Waals surface area contributed by atoms with Crippen LogP contribution in [0.3, 0.4) is 0 Å². The Kier molecular flexibility index (Phi) is 10.8. The van der Waals surface area contributed by atoms with Gasteiger partial charge in [-0.05, 0) is 37.2 Å². The fourth-order valence-corrected chi connectivity index (χ4v) is 2.37. The average molecular weight is 316 g/mol. The number of hydrogen-bond acceptors (Lipinski definition) is 3. The molecule has 1 rings (SSSR count). The highest BCUT2D eigenvalue weighted by Gasteiger charge is 2.30. The van der Waals surface area contributed by atoms with Crippen LogP contribution in [0.2, 0.25) is 0 Å². The molecule has 0 saturated carbocycles. The van der Waals surface area contributed by atoms with Crippen LogP contribution in [0.5, 0.6) is 0 Å². The third-order valence-electron chi connectivity index (χ3n) is 3.01. The van der Waals surface area contributed by atoms with Crippen LogP contribution < -0.4 is 11.5 Å². The average Bonchev–Trinajstić information content (AvgIpc) is 2.24. The van der Waals surface area contributed by atoms with Crippen LogP contribution in [0, 0.1) is 5.41 Å². The highest BCUT2D eigenvalue weighted by Crippen LogP contribution is 2.37. The number of unbranched alkanes of at least 4 members (excludes halogenated alkanes) is 1. The first-order valence-electron chi connectivity index (χ1n) is 7.11. The lowest BCUT2D eigenvalue weighted by atomic mass is 9.73. The molecule has 0 heterocycles. The van der Waals surface area contributed by atoms with Gasteiger partial charge < -0.3 is 21.7 Å². The number of primary amides is 2. The van der Waals surface area contributed by atoms with Gasteiger partial charge in [0.25, 0.3) is 0 Å². The molecular formula is C15H28N2O5. The molecule has 0 saturated heterocycles. The number of rotatable bonds is 3. The van der Waals surface area contributed by atoms with Gasteiger partial charge >= 0.3 is 12.2 Å². The third-order valence-corrected chi connectivity index (χ3v) is 3.01. The van der Waals surface area contributed by atoms with Gasteiger partial charge in [0.1, 0.15) is 0 Å². The summed E-state index contributed by atoms with van der Waals surface area (Å²) in [7, 11) is 0. The molecule has 0 bridgehead atoms. The maximum Gasteiger partial charge on any atom is 0.402 e. The van der Waals surface area contributed by atoms with Gasteiger partial charge in [0.05, 0.1) is 0 Å². The quantitative estimate of drug-likeness (QED) is 0.632. The number of allylic oxidation sites excluding steroid dienone is 2. The summed E-state index contributed by atoms with van der Waals surface area (Å²) >= 11 is 0. The van der Waals surface area contributed by atoms with E-state index in [9.17, 15) is 4.79 Å². The Morgan fingerprint density at radius 2 is 1.55 bits per heavy atom. The van der Waals surface area contributed by atoms with Gasteiger partial charge in [-0.3, -0.25) is 4.79 Å². The Morgan fingerprint density at radius 1 is 1.14 bits per heavy atom. The molecule has 128 valence electrons. The van der Waals surface area contributed by atoms with E-state index in [-0.39, 0.29) is 5.41 Å². The predicted molar refractivity (Wildman–Crippen MR) is 84.7 cm³/mol. The molecule has 2 amide bonds. The monoisotopic (exact) mass is 316 g/mol. The van der Waals surface area contributed by atoms with Gasteiger partial charge in [-0.1, -0.05) is 32.8 Å². The van der Waals surface area contributed by atoms with Crippen molar-refractivity contribution in [2.24, 2.45) is 16.9 Å². The smallest absolute Gasteiger partial charge is 0.402 e. The third kappa shape index (κ3) is 13.0. The number of Topliss-reactive ketones (excluding diaryl/α,β-unsaturated/α-hetero) is 1. The zero-order valence-electron chi connectivity index (χ0n) is 13.8. The fourth-order valence-electron chi connectivity index (χ4n) is 2.37. The maximum atomic E-state index is 11.9. The van der Waals surface area contributed by atoms with Crippen LogP contribution >= 0.6 is 0 Å². The van der Waals surface area contributed by atoms with E-state index >= 15 is 0 Å². The molecular weight excluding hydrogens is 288 g/mol. The van der Waals surface area contributed by atoms with E-state index in [0.717, 1.165) is 31.3 Å². The molecule has 1 aliphatic carbocycles. The van der Waals surface area contributed by atoms with Crippen LogP contribution in [0.25, 0.3) is 0 Å². The largest absolute Gasteiger partial charge is 0.465 e. The van der Waals surface area contributed by atoms with Gasteiger partial charge in [-0.15, -0.1) is 0 Å². The molecule has 0 aliphatic heterocycles. The highest BCUT2D eigenvalue weighted by molar-refractivity contribution is 5.97. The van der Waals surface area contributed by atoms with Crippen LogP contribution in [0.4, 0.5) is 9.59 Å². The van der Waals surface area contributed by atoms with E-state index in [2.05, 4.69) is 39.2 Å². The van der Waals surface area contributed by atoms with Gasteiger partial charge in [-0.25, -0.2) is 9.59 Å². The summed E-state index contributed by atoms with van der Waals surface area (Å²) in [5.41, 5.74) is 10.7. The lowest BCUT2D eigenvalue weighted by Crippen LogP contribution is -2.25. The molecule has 1 aliphatic rings. The molecule has 0 aromatic carbocycles. The van der Waals surface area contributed by atoms with Gasteiger partial charge in [0.2, 0.25) is 0 Å². The molecule has 0 spiro atoms. The molecule has 0 aromatic rings.